The summed E-state index contributed by atoms with van der Waals surface area (Å²) >= 11 is 0. The highest BCUT2D eigenvalue weighted by Crippen LogP contribution is 2.32. The number of halogens is 4. The van der Waals surface area contributed by atoms with Gasteiger partial charge >= 0.3 is 6.18 Å². The number of hydrogen-bond acceptors (Lipinski definition) is 4. The molecule has 0 saturated heterocycles. The number of anilines is 3. The first kappa shape index (κ1) is 21.9. The molecule has 6 nitrogen and oxygen atoms in total. The van der Waals surface area contributed by atoms with Crippen molar-refractivity contribution in [2.45, 2.75) is 19.5 Å². The lowest BCUT2D eigenvalue weighted by molar-refractivity contribution is -0.138. The number of carbonyl (C=O) groups is 2. The molecule has 1 aromatic carbocycles. The van der Waals surface area contributed by atoms with Crippen LogP contribution in [0.4, 0.5) is 34.8 Å². The van der Waals surface area contributed by atoms with Gasteiger partial charge < -0.3 is 5.32 Å². The minimum atomic E-state index is -4.58. The van der Waals surface area contributed by atoms with Gasteiger partial charge in [-0.25, -0.2) is 9.97 Å². The summed E-state index contributed by atoms with van der Waals surface area (Å²) in [4.78, 5) is 33.1. The molecule has 0 saturated carbocycles. The summed E-state index contributed by atoms with van der Waals surface area (Å²) in [6.45, 7) is 1.25. The highest BCUT2D eigenvalue weighted by Gasteiger charge is 2.33. The van der Waals surface area contributed by atoms with Gasteiger partial charge in [-0.2, -0.15) is 17.6 Å². The van der Waals surface area contributed by atoms with Gasteiger partial charge in [-0.05, 0) is 23.8 Å². The Morgan fingerprint density at radius 1 is 1.03 bits per heavy atom. The molecule has 0 aliphatic carbocycles. The molecule has 2 aromatic heterocycles. The monoisotopic (exact) mass is 432 g/mol. The number of amides is 2. The quantitative estimate of drug-likeness (QED) is 0.476. The maximum atomic E-state index is 13.5. The Morgan fingerprint density at radius 3 is 2.42 bits per heavy atom. The van der Waals surface area contributed by atoms with Crippen molar-refractivity contribution in [3.63, 3.8) is 0 Å². The lowest BCUT2D eigenvalue weighted by atomic mass is 10.0. The zero-order valence-electron chi connectivity index (χ0n) is 16.2. The van der Waals surface area contributed by atoms with Crippen LogP contribution in [-0.2, 0) is 22.2 Å². The maximum absolute atomic E-state index is 13.5. The smallest absolute Gasteiger partial charge is 0.326 e. The molecule has 3 rings (SSSR count). The maximum Gasteiger partial charge on any atom is 0.416 e. The number of pyridine rings is 2. The Labute approximate surface area is 174 Å². The molecule has 0 aliphatic heterocycles. The summed E-state index contributed by atoms with van der Waals surface area (Å²) in [5.41, 5.74) is -0.669. The van der Waals surface area contributed by atoms with Crippen LogP contribution >= 0.6 is 0 Å². The standard InChI is InChI=1S/C21H16F4N4O2/c1-13(30)29(16-7-9-26-18(22)12-16)19-11-15(6-8-27-19)28-20(31)10-14-4-2-3-5-17(14)21(23,24)25/h2-9,11-12H,10H2,1H3,(H,27,28,31). The van der Waals surface area contributed by atoms with Gasteiger partial charge in [0.25, 0.3) is 0 Å². The van der Waals surface area contributed by atoms with Gasteiger partial charge in [-0.3, -0.25) is 14.5 Å². The molecule has 0 spiro atoms. The fourth-order valence-electron chi connectivity index (χ4n) is 2.95. The third-order valence-electron chi connectivity index (χ3n) is 4.22. The SMILES string of the molecule is CC(=O)N(c1ccnc(F)c1)c1cc(NC(=O)Cc2ccccc2C(F)(F)F)ccn1. The molecule has 160 valence electrons. The molecule has 2 amide bonds. The molecule has 0 fully saturated rings. The largest absolute Gasteiger partial charge is 0.416 e. The first-order chi connectivity index (χ1) is 14.6. The molecular weight excluding hydrogens is 416 g/mol. The van der Waals surface area contributed by atoms with Crippen molar-refractivity contribution in [3.05, 3.63) is 78.0 Å². The van der Waals surface area contributed by atoms with Crippen molar-refractivity contribution in [3.8, 4) is 0 Å². The zero-order chi connectivity index (χ0) is 22.6. The van der Waals surface area contributed by atoms with E-state index < -0.39 is 35.9 Å². The van der Waals surface area contributed by atoms with Crippen molar-refractivity contribution < 1.29 is 27.2 Å². The lowest BCUT2D eigenvalue weighted by Gasteiger charge is -2.20. The Hall–Kier alpha value is -3.82. The fourth-order valence-corrected chi connectivity index (χ4v) is 2.95. The van der Waals surface area contributed by atoms with Crippen molar-refractivity contribution in [2.24, 2.45) is 0 Å². The third-order valence-corrected chi connectivity index (χ3v) is 4.22. The van der Waals surface area contributed by atoms with Gasteiger partial charge in [-0.15, -0.1) is 0 Å². The Kier molecular flexibility index (Phi) is 6.28. The molecule has 31 heavy (non-hydrogen) atoms. The van der Waals surface area contributed by atoms with Crippen LogP contribution in [0.1, 0.15) is 18.1 Å². The second-order valence-corrected chi connectivity index (χ2v) is 6.47. The lowest BCUT2D eigenvalue weighted by Crippen LogP contribution is -2.24. The molecule has 2 heterocycles. The van der Waals surface area contributed by atoms with Crippen LogP contribution in [0.2, 0.25) is 0 Å². The van der Waals surface area contributed by atoms with Crippen LogP contribution in [0.25, 0.3) is 0 Å². The van der Waals surface area contributed by atoms with E-state index in [0.29, 0.717) is 0 Å². The van der Waals surface area contributed by atoms with Crippen molar-refractivity contribution in [1.29, 1.82) is 0 Å². The predicted molar refractivity (Wildman–Crippen MR) is 105 cm³/mol. The van der Waals surface area contributed by atoms with Crippen LogP contribution < -0.4 is 10.2 Å². The van der Waals surface area contributed by atoms with Gasteiger partial charge in [0.1, 0.15) is 5.82 Å². The first-order valence-corrected chi connectivity index (χ1v) is 8.98. The summed E-state index contributed by atoms with van der Waals surface area (Å²) in [5.74, 6) is -1.86. The highest BCUT2D eigenvalue weighted by molar-refractivity contribution is 5.99. The molecule has 0 aliphatic rings. The van der Waals surface area contributed by atoms with E-state index in [0.717, 1.165) is 17.0 Å². The molecule has 0 bridgehead atoms. The van der Waals surface area contributed by atoms with E-state index in [9.17, 15) is 27.2 Å². The summed E-state index contributed by atoms with van der Waals surface area (Å²) in [5, 5.41) is 2.50. The first-order valence-electron chi connectivity index (χ1n) is 8.98. The van der Waals surface area contributed by atoms with Gasteiger partial charge in [0.15, 0.2) is 0 Å². The van der Waals surface area contributed by atoms with E-state index in [-0.39, 0.29) is 22.8 Å². The molecular formula is C21H16F4N4O2. The Morgan fingerprint density at radius 2 is 1.74 bits per heavy atom. The highest BCUT2D eigenvalue weighted by atomic mass is 19.4. The molecule has 10 heteroatoms. The van der Waals surface area contributed by atoms with Crippen molar-refractivity contribution in [1.82, 2.24) is 9.97 Å². The average Bonchev–Trinajstić information content (AvgIpc) is 2.68. The number of nitrogens with one attached hydrogen (secondary N) is 1. The number of alkyl halides is 3. The van der Waals surface area contributed by atoms with Crippen LogP contribution in [-0.4, -0.2) is 21.8 Å². The van der Waals surface area contributed by atoms with Gasteiger partial charge in [0.05, 0.1) is 17.7 Å². The molecule has 1 N–H and O–H groups in total. The van der Waals surface area contributed by atoms with Crippen molar-refractivity contribution in [2.75, 3.05) is 10.2 Å². The number of rotatable bonds is 5. The summed E-state index contributed by atoms with van der Waals surface area (Å²) < 4.78 is 52.8. The van der Waals surface area contributed by atoms with Gasteiger partial charge in [0, 0.05) is 37.1 Å². The van der Waals surface area contributed by atoms with Crippen molar-refractivity contribution >= 4 is 29.0 Å². The van der Waals surface area contributed by atoms with E-state index >= 15 is 0 Å². The second kappa shape index (κ2) is 8.90. The average molecular weight is 432 g/mol. The topological polar surface area (TPSA) is 75.2 Å². The number of benzene rings is 1. The third kappa shape index (κ3) is 5.41. The van der Waals surface area contributed by atoms with E-state index in [1.54, 1.807) is 0 Å². The van der Waals surface area contributed by atoms with Crippen LogP contribution in [0.5, 0.6) is 0 Å². The molecule has 0 atom stereocenters. The predicted octanol–water partition coefficient (Wildman–Crippen LogP) is 4.50. The summed E-state index contributed by atoms with van der Waals surface area (Å²) in [6, 6.07) is 10.0. The van der Waals surface area contributed by atoms with E-state index in [1.165, 1.54) is 55.7 Å². The Balaban J connectivity index is 1.82. The van der Waals surface area contributed by atoms with Crippen LogP contribution in [0.3, 0.4) is 0 Å². The summed E-state index contributed by atoms with van der Waals surface area (Å²) in [6.07, 6.45) is -2.59. The second-order valence-electron chi connectivity index (χ2n) is 6.47. The summed E-state index contributed by atoms with van der Waals surface area (Å²) in [7, 11) is 0. The number of carbonyl (C=O) groups excluding carboxylic acids is 2. The number of hydrogen-bond donors (Lipinski definition) is 1. The van der Waals surface area contributed by atoms with E-state index in [2.05, 4.69) is 15.3 Å². The molecule has 3 aromatic rings. The number of aromatic nitrogens is 2. The fraction of sp³-hybridized carbons (Fsp3) is 0.143. The minimum Gasteiger partial charge on any atom is -0.326 e. The normalized spacial score (nSPS) is 11.1. The molecule has 0 radical (unpaired) electrons. The van der Waals surface area contributed by atoms with Gasteiger partial charge in [0.2, 0.25) is 17.8 Å². The van der Waals surface area contributed by atoms with Crippen LogP contribution in [0, 0.1) is 5.95 Å². The zero-order valence-corrected chi connectivity index (χ0v) is 16.2. The minimum absolute atomic E-state index is 0.0894. The molecule has 0 unspecified atom stereocenters. The van der Waals surface area contributed by atoms with E-state index in [1.807, 2.05) is 0 Å². The van der Waals surface area contributed by atoms with E-state index in [4.69, 9.17) is 0 Å². The Bertz CT molecular complexity index is 1120. The van der Waals surface area contributed by atoms with Gasteiger partial charge in [-0.1, -0.05) is 18.2 Å². The van der Waals surface area contributed by atoms with Crippen LogP contribution in [0.15, 0.2) is 60.9 Å². The number of nitrogens with zero attached hydrogens (tertiary/aromatic N) is 3.